The lowest BCUT2D eigenvalue weighted by Crippen LogP contribution is -2.19. The van der Waals surface area contributed by atoms with Crippen LogP contribution in [-0.4, -0.2) is 16.3 Å². The minimum absolute atomic E-state index is 0.287. The molecule has 0 spiro atoms. The molecule has 2 N–H and O–H groups in total. The number of para-hydroxylation sites is 1. The standard InChI is InChI=1S/C9H14NO3P/c1-3-10(14(11,12)13)9-7-5-4-6-8(9)2/h4-7H,3H2,1-2H3,(H2,11,12,13). The van der Waals surface area contributed by atoms with E-state index in [4.69, 9.17) is 9.79 Å². The van der Waals surface area contributed by atoms with Gasteiger partial charge in [-0.3, -0.25) is 4.67 Å². The van der Waals surface area contributed by atoms with Crippen molar-refractivity contribution in [2.24, 2.45) is 0 Å². The average molecular weight is 215 g/mol. The Bertz CT molecular complexity index is 361. The molecule has 0 saturated carbocycles. The second kappa shape index (κ2) is 4.13. The first-order chi connectivity index (χ1) is 6.46. The van der Waals surface area contributed by atoms with Gasteiger partial charge in [-0.1, -0.05) is 18.2 Å². The lowest BCUT2D eigenvalue weighted by molar-refractivity contribution is 0.369. The molecule has 0 amide bonds. The number of hydrogen-bond donors (Lipinski definition) is 2. The van der Waals surface area contributed by atoms with Gasteiger partial charge in [0, 0.05) is 12.2 Å². The van der Waals surface area contributed by atoms with Crippen molar-refractivity contribution >= 4 is 13.4 Å². The highest BCUT2D eigenvalue weighted by Crippen LogP contribution is 2.44. The third-order valence-electron chi connectivity index (χ3n) is 2.01. The maximum Gasteiger partial charge on any atom is 0.430 e. The number of anilines is 1. The summed E-state index contributed by atoms with van der Waals surface area (Å²) in [7, 11) is -4.19. The number of rotatable bonds is 3. The summed E-state index contributed by atoms with van der Waals surface area (Å²) in [5.41, 5.74) is 1.45. The molecule has 0 aliphatic rings. The van der Waals surface area contributed by atoms with E-state index in [0.717, 1.165) is 10.2 Å². The zero-order valence-electron chi connectivity index (χ0n) is 8.21. The van der Waals surface area contributed by atoms with Gasteiger partial charge in [0.25, 0.3) is 0 Å². The summed E-state index contributed by atoms with van der Waals surface area (Å²) in [4.78, 5) is 18.2. The van der Waals surface area contributed by atoms with Crippen LogP contribution in [-0.2, 0) is 4.57 Å². The molecule has 0 fully saturated rings. The molecule has 78 valence electrons. The first-order valence-electron chi connectivity index (χ1n) is 4.36. The molecular weight excluding hydrogens is 201 g/mol. The first-order valence-corrected chi connectivity index (χ1v) is 5.92. The zero-order valence-corrected chi connectivity index (χ0v) is 9.11. The highest BCUT2D eigenvalue weighted by Gasteiger charge is 2.24. The van der Waals surface area contributed by atoms with Crippen LogP contribution >= 0.6 is 7.75 Å². The molecule has 4 nitrogen and oxygen atoms in total. The van der Waals surface area contributed by atoms with Crippen LogP contribution in [0.5, 0.6) is 0 Å². The number of aryl methyl sites for hydroxylation is 1. The Kier molecular flexibility index (Phi) is 3.32. The summed E-state index contributed by atoms with van der Waals surface area (Å²) in [5, 5.41) is 0. The summed E-state index contributed by atoms with van der Waals surface area (Å²) >= 11 is 0. The lowest BCUT2D eigenvalue weighted by atomic mass is 10.2. The Hall–Kier alpha value is -0.830. The fourth-order valence-electron chi connectivity index (χ4n) is 1.35. The number of benzene rings is 1. The smallest absolute Gasteiger partial charge is 0.308 e. The Morgan fingerprint density at radius 1 is 1.36 bits per heavy atom. The van der Waals surface area contributed by atoms with E-state index in [9.17, 15) is 4.57 Å². The fourth-order valence-corrected chi connectivity index (χ4v) is 2.22. The van der Waals surface area contributed by atoms with Gasteiger partial charge in [-0.2, -0.15) is 0 Å². The van der Waals surface area contributed by atoms with Crippen LogP contribution in [0, 0.1) is 6.92 Å². The monoisotopic (exact) mass is 215 g/mol. The van der Waals surface area contributed by atoms with Crippen molar-refractivity contribution in [3.8, 4) is 0 Å². The van der Waals surface area contributed by atoms with Crippen LogP contribution in [0.15, 0.2) is 24.3 Å². The van der Waals surface area contributed by atoms with Crippen LogP contribution < -0.4 is 4.67 Å². The molecule has 0 aliphatic heterocycles. The van der Waals surface area contributed by atoms with Gasteiger partial charge >= 0.3 is 7.75 Å². The van der Waals surface area contributed by atoms with Crippen molar-refractivity contribution in [2.75, 3.05) is 11.2 Å². The van der Waals surface area contributed by atoms with E-state index in [1.807, 2.05) is 19.1 Å². The predicted molar refractivity (Wildman–Crippen MR) is 56.2 cm³/mol. The molecule has 0 radical (unpaired) electrons. The Morgan fingerprint density at radius 2 is 1.93 bits per heavy atom. The van der Waals surface area contributed by atoms with Gasteiger partial charge < -0.3 is 9.79 Å². The molecular formula is C9H14NO3P. The van der Waals surface area contributed by atoms with Crippen LogP contribution in [0.3, 0.4) is 0 Å². The molecule has 1 rings (SSSR count). The molecule has 0 aromatic heterocycles. The van der Waals surface area contributed by atoms with E-state index < -0.39 is 7.75 Å². The molecule has 1 aromatic rings. The average Bonchev–Trinajstić information content (AvgIpc) is 2.07. The van der Waals surface area contributed by atoms with Crippen LogP contribution in [0.2, 0.25) is 0 Å². The molecule has 0 aliphatic carbocycles. The number of nitrogens with zero attached hydrogens (tertiary/aromatic N) is 1. The minimum atomic E-state index is -4.19. The van der Waals surface area contributed by atoms with Gasteiger partial charge in [-0.15, -0.1) is 0 Å². The normalized spacial score (nSPS) is 11.4. The van der Waals surface area contributed by atoms with Crippen molar-refractivity contribution in [1.29, 1.82) is 0 Å². The van der Waals surface area contributed by atoms with Crippen LogP contribution in [0.1, 0.15) is 12.5 Å². The molecule has 14 heavy (non-hydrogen) atoms. The molecule has 0 unspecified atom stereocenters. The topological polar surface area (TPSA) is 60.8 Å². The van der Waals surface area contributed by atoms with E-state index in [2.05, 4.69) is 0 Å². The third-order valence-corrected chi connectivity index (χ3v) is 3.13. The first kappa shape index (κ1) is 11.2. The van der Waals surface area contributed by atoms with Crippen LogP contribution in [0.4, 0.5) is 5.69 Å². The van der Waals surface area contributed by atoms with Crippen molar-refractivity contribution in [3.05, 3.63) is 29.8 Å². The van der Waals surface area contributed by atoms with Gasteiger partial charge in [-0.05, 0) is 25.5 Å². The Balaban J connectivity index is 3.14. The SMILES string of the molecule is CCN(c1ccccc1C)P(=O)(O)O. The lowest BCUT2D eigenvalue weighted by Gasteiger charge is -2.25. The summed E-state index contributed by atoms with van der Waals surface area (Å²) in [5.74, 6) is 0. The number of hydrogen-bond acceptors (Lipinski definition) is 1. The second-order valence-electron chi connectivity index (χ2n) is 3.02. The predicted octanol–water partition coefficient (Wildman–Crippen LogP) is 1.91. The zero-order chi connectivity index (χ0) is 10.8. The van der Waals surface area contributed by atoms with Crippen molar-refractivity contribution in [3.63, 3.8) is 0 Å². The second-order valence-corrected chi connectivity index (χ2v) is 4.52. The minimum Gasteiger partial charge on any atom is -0.308 e. The largest absolute Gasteiger partial charge is 0.430 e. The summed E-state index contributed by atoms with van der Waals surface area (Å²) in [6.07, 6.45) is 0. The third kappa shape index (κ3) is 2.35. The molecule has 5 heteroatoms. The maximum atomic E-state index is 11.1. The van der Waals surface area contributed by atoms with E-state index in [1.54, 1.807) is 19.1 Å². The van der Waals surface area contributed by atoms with Gasteiger partial charge in [0.1, 0.15) is 0 Å². The van der Waals surface area contributed by atoms with Crippen molar-refractivity contribution in [1.82, 2.24) is 0 Å². The van der Waals surface area contributed by atoms with E-state index >= 15 is 0 Å². The molecule has 0 atom stereocenters. The highest BCUT2D eigenvalue weighted by molar-refractivity contribution is 7.53. The quantitative estimate of drug-likeness (QED) is 0.756. The highest BCUT2D eigenvalue weighted by atomic mass is 31.2. The summed E-state index contributed by atoms with van der Waals surface area (Å²) < 4.78 is 12.2. The maximum absolute atomic E-state index is 11.1. The van der Waals surface area contributed by atoms with Gasteiger partial charge in [0.15, 0.2) is 0 Å². The Labute approximate surface area is 83.4 Å². The summed E-state index contributed by atoms with van der Waals surface area (Å²) in [6, 6.07) is 7.14. The molecule has 0 bridgehead atoms. The molecule has 0 heterocycles. The van der Waals surface area contributed by atoms with E-state index in [-0.39, 0.29) is 6.54 Å². The van der Waals surface area contributed by atoms with Crippen molar-refractivity contribution in [2.45, 2.75) is 13.8 Å². The fraction of sp³-hybridized carbons (Fsp3) is 0.333. The summed E-state index contributed by atoms with van der Waals surface area (Å²) in [6.45, 7) is 3.83. The van der Waals surface area contributed by atoms with Crippen LogP contribution in [0.25, 0.3) is 0 Å². The van der Waals surface area contributed by atoms with Gasteiger partial charge in [0.05, 0.1) is 0 Å². The van der Waals surface area contributed by atoms with Gasteiger partial charge in [-0.25, -0.2) is 4.57 Å². The van der Waals surface area contributed by atoms with E-state index in [0.29, 0.717) is 5.69 Å². The van der Waals surface area contributed by atoms with Gasteiger partial charge in [0.2, 0.25) is 0 Å². The Morgan fingerprint density at radius 3 is 2.36 bits per heavy atom. The van der Waals surface area contributed by atoms with E-state index in [1.165, 1.54) is 0 Å². The molecule has 1 aromatic carbocycles. The van der Waals surface area contributed by atoms with Crippen molar-refractivity contribution < 1.29 is 14.4 Å². The molecule has 0 saturated heterocycles.